The van der Waals surface area contributed by atoms with Crippen molar-refractivity contribution in [2.24, 2.45) is 0 Å². The van der Waals surface area contributed by atoms with E-state index in [1.54, 1.807) is 12.1 Å². The molecule has 1 saturated heterocycles. The summed E-state index contributed by atoms with van der Waals surface area (Å²) in [5.74, 6) is -0.746. The Hall–Kier alpha value is -1.46. The standard InChI is InChI=1S/C12H15FN2O2/c13-10-3-1-2-9(6-10)7-15-11(16)12(17)4-5-14-8-12/h1-3,6,14,17H,4-5,7-8H2,(H,15,16). The van der Waals surface area contributed by atoms with Crippen LogP contribution in [-0.2, 0) is 11.3 Å². The summed E-state index contributed by atoms with van der Waals surface area (Å²) < 4.78 is 12.9. The van der Waals surface area contributed by atoms with Crippen molar-refractivity contribution in [1.29, 1.82) is 0 Å². The van der Waals surface area contributed by atoms with Gasteiger partial charge in [-0.2, -0.15) is 0 Å². The number of β-amino-alcohol motifs (C(OH)–C–C–N with tert-alkyl or cyclic N) is 1. The highest BCUT2D eigenvalue weighted by molar-refractivity contribution is 5.85. The van der Waals surface area contributed by atoms with E-state index in [2.05, 4.69) is 10.6 Å². The van der Waals surface area contributed by atoms with E-state index in [4.69, 9.17) is 0 Å². The predicted molar refractivity (Wildman–Crippen MR) is 60.7 cm³/mol. The van der Waals surface area contributed by atoms with Gasteiger partial charge < -0.3 is 15.7 Å². The Balaban J connectivity index is 1.92. The lowest BCUT2D eigenvalue weighted by Crippen LogP contribution is -2.48. The fourth-order valence-electron chi connectivity index (χ4n) is 1.87. The molecule has 0 spiro atoms. The number of rotatable bonds is 3. The molecule has 0 aliphatic carbocycles. The van der Waals surface area contributed by atoms with Crippen molar-refractivity contribution in [1.82, 2.24) is 10.6 Å². The molecule has 1 atom stereocenters. The van der Waals surface area contributed by atoms with Crippen LogP contribution in [0.1, 0.15) is 12.0 Å². The molecular formula is C12H15FN2O2. The fraction of sp³-hybridized carbons (Fsp3) is 0.417. The van der Waals surface area contributed by atoms with Crippen molar-refractivity contribution < 1.29 is 14.3 Å². The Bertz CT molecular complexity index is 417. The van der Waals surface area contributed by atoms with E-state index in [1.165, 1.54) is 12.1 Å². The van der Waals surface area contributed by atoms with Crippen LogP contribution < -0.4 is 10.6 Å². The first-order chi connectivity index (χ1) is 8.10. The molecule has 1 aromatic carbocycles. The Morgan fingerprint density at radius 3 is 3.06 bits per heavy atom. The third-order valence-corrected chi connectivity index (χ3v) is 2.90. The van der Waals surface area contributed by atoms with Gasteiger partial charge in [0.2, 0.25) is 0 Å². The van der Waals surface area contributed by atoms with E-state index in [9.17, 15) is 14.3 Å². The highest BCUT2D eigenvalue weighted by atomic mass is 19.1. The first-order valence-electron chi connectivity index (χ1n) is 5.56. The molecule has 0 aromatic heterocycles. The van der Waals surface area contributed by atoms with Gasteiger partial charge in [-0.25, -0.2) is 4.39 Å². The number of nitrogens with one attached hydrogen (secondary N) is 2. The van der Waals surface area contributed by atoms with Crippen molar-refractivity contribution in [3.8, 4) is 0 Å². The Morgan fingerprint density at radius 2 is 2.41 bits per heavy atom. The van der Waals surface area contributed by atoms with Gasteiger partial charge in [0.15, 0.2) is 5.60 Å². The topological polar surface area (TPSA) is 61.4 Å². The highest BCUT2D eigenvalue weighted by Crippen LogP contribution is 2.14. The van der Waals surface area contributed by atoms with Gasteiger partial charge in [0.1, 0.15) is 5.82 Å². The largest absolute Gasteiger partial charge is 0.379 e. The SMILES string of the molecule is O=C(NCc1cccc(F)c1)C1(O)CCNC1. The molecule has 3 N–H and O–H groups in total. The second-order valence-corrected chi connectivity index (χ2v) is 4.27. The average molecular weight is 238 g/mol. The summed E-state index contributed by atoms with van der Waals surface area (Å²) in [5, 5.41) is 15.5. The zero-order valence-corrected chi connectivity index (χ0v) is 9.37. The minimum Gasteiger partial charge on any atom is -0.379 e. The monoisotopic (exact) mass is 238 g/mol. The molecule has 1 heterocycles. The van der Waals surface area contributed by atoms with Crippen LogP contribution in [0.5, 0.6) is 0 Å². The molecule has 5 heteroatoms. The maximum Gasteiger partial charge on any atom is 0.253 e. The lowest BCUT2D eigenvalue weighted by Gasteiger charge is -2.20. The van der Waals surface area contributed by atoms with Crippen LogP contribution in [0.3, 0.4) is 0 Å². The molecule has 0 saturated carbocycles. The highest BCUT2D eigenvalue weighted by Gasteiger charge is 2.38. The number of carbonyl (C=O) groups is 1. The van der Waals surface area contributed by atoms with Gasteiger partial charge in [0.25, 0.3) is 5.91 Å². The summed E-state index contributed by atoms with van der Waals surface area (Å²) in [6, 6.07) is 6.01. The van der Waals surface area contributed by atoms with Crippen LogP contribution in [0.2, 0.25) is 0 Å². The van der Waals surface area contributed by atoms with E-state index < -0.39 is 11.5 Å². The number of aliphatic hydroxyl groups is 1. The second kappa shape index (κ2) is 4.81. The van der Waals surface area contributed by atoms with Gasteiger partial charge in [0.05, 0.1) is 0 Å². The molecule has 1 fully saturated rings. The summed E-state index contributed by atoms with van der Waals surface area (Å²) in [6.45, 7) is 1.12. The molecule has 2 rings (SSSR count). The molecule has 1 aromatic rings. The lowest BCUT2D eigenvalue weighted by atomic mass is 10.0. The van der Waals surface area contributed by atoms with E-state index >= 15 is 0 Å². The second-order valence-electron chi connectivity index (χ2n) is 4.27. The van der Waals surface area contributed by atoms with Crippen molar-refractivity contribution in [2.75, 3.05) is 13.1 Å². The molecule has 1 aliphatic heterocycles. The molecule has 1 amide bonds. The van der Waals surface area contributed by atoms with Gasteiger partial charge in [-0.05, 0) is 30.7 Å². The fourth-order valence-corrected chi connectivity index (χ4v) is 1.87. The van der Waals surface area contributed by atoms with E-state index in [0.29, 0.717) is 18.5 Å². The summed E-state index contributed by atoms with van der Waals surface area (Å²) in [4.78, 5) is 11.7. The van der Waals surface area contributed by atoms with Gasteiger partial charge in [-0.15, -0.1) is 0 Å². The Morgan fingerprint density at radius 1 is 1.59 bits per heavy atom. The lowest BCUT2D eigenvalue weighted by molar-refractivity contribution is -0.138. The van der Waals surface area contributed by atoms with Crippen LogP contribution in [0.25, 0.3) is 0 Å². The molecule has 17 heavy (non-hydrogen) atoms. The number of carbonyl (C=O) groups excluding carboxylic acids is 1. The van der Waals surface area contributed by atoms with Gasteiger partial charge in [-0.1, -0.05) is 12.1 Å². The Labute approximate surface area is 98.8 Å². The van der Waals surface area contributed by atoms with Crippen LogP contribution >= 0.6 is 0 Å². The van der Waals surface area contributed by atoms with E-state index in [0.717, 1.165) is 0 Å². The van der Waals surface area contributed by atoms with Crippen molar-refractivity contribution in [2.45, 2.75) is 18.6 Å². The number of amides is 1. The first-order valence-corrected chi connectivity index (χ1v) is 5.56. The third-order valence-electron chi connectivity index (χ3n) is 2.90. The van der Waals surface area contributed by atoms with Crippen LogP contribution in [0.4, 0.5) is 4.39 Å². The van der Waals surface area contributed by atoms with Crippen molar-refractivity contribution in [3.05, 3.63) is 35.6 Å². The van der Waals surface area contributed by atoms with E-state index in [1.807, 2.05) is 0 Å². The number of hydrogen-bond donors (Lipinski definition) is 3. The van der Waals surface area contributed by atoms with Gasteiger partial charge in [-0.3, -0.25) is 4.79 Å². The van der Waals surface area contributed by atoms with E-state index in [-0.39, 0.29) is 18.9 Å². The summed E-state index contributed by atoms with van der Waals surface area (Å²) >= 11 is 0. The van der Waals surface area contributed by atoms with Crippen molar-refractivity contribution >= 4 is 5.91 Å². The number of hydrogen-bond acceptors (Lipinski definition) is 3. The maximum absolute atomic E-state index is 12.9. The number of benzene rings is 1. The minimum atomic E-state index is -1.33. The molecule has 1 aliphatic rings. The zero-order chi connectivity index (χ0) is 12.3. The third kappa shape index (κ3) is 2.81. The van der Waals surface area contributed by atoms with Crippen LogP contribution in [0, 0.1) is 5.82 Å². The quantitative estimate of drug-likeness (QED) is 0.703. The average Bonchev–Trinajstić information content (AvgIpc) is 2.74. The number of halogens is 1. The molecule has 92 valence electrons. The molecule has 0 bridgehead atoms. The maximum atomic E-state index is 12.9. The first kappa shape index (κ1) is 12.0. The normalized spacial score (nSPS) is 23.6. The molecule has 4 nitrogen and oxygen atoms in total. The van der Waals surface area contributed by atoms with Crippen LogP contribution in [-0.4, -0.2) is 29.7 Å². The smallest absolute Gasteiger partial charge is 0.253 e. The molecule has 1 unspecified atom stereocenters. The van der Waals surface area contributed by atoms with Gasteiger partial charge in [0, 0.05) is 13.1 Å². The minimum absolute atomic E-state index is 0.221. The summed E-state index contributed by atoms with van der Waals surface area (Å²) in [6.07, 6.45) is 0.405. The summed E-state index contributed by atoms with van der Waals surface area (Å²) in [7, 11) is 0. The van der Waals surface area contributed by atoms with Gasteiger partial charge >= 0.3 is 0 Å². The summed E-state index contributed by atoms with van der Waals surface area (Å²) in [5.41, 5.74) is -0.652. The molecule has 0 radical (unpaired) electrons. The molecular weight excluding hydrogens is 223 g/mol. The predicted octanol–water partition coefficient (Wildman–Crippen LogP) is 0.166. The Kier molecular flexibility index (Phi) is 3.40. The van der Waals surface area contributed by atoms with Crippen molar-refractivity contribution in [3.63, 3.8) is 0 Å². The zero-order valence-electron chi connectivity index (χ0n) is 9.37. The van der Waals surface area contributed by atoms with Crippen LogP contribution in [0.15, 0.2) is 24.3 Å².